The lowest BCUT2D eigenvalue weighted by Crippen LogP contribution is -2.39. The van der Waals surface area contributed by atoms with Crippen LogP contribution in [0.3, 0.4) is 0 Å². The maximum absolute atomic E-state index is 11.1. The number of tetrazole rings is 1. The molecule has 0 aliphatic carbocycles. The molecule has 0 bridgehead atoms. The predicted octanol–water partition coefficient (Wildman–Crippen LogP) is -1.08. The Morgan fingerprint density at radius 2 is 1.96 bits per heavy atom. The molecule has 0 amide bonds. The summed E-state index contributed by atoms with van der Waals surface area (Å²) in [6.07, 6.45) is 1.41. The smallest absolute Gasteiger partial charge is 0.294 e. The summed E-state index contributed by atoms with van der Waals surface area (Å²) in [5.41, 5.74) is 1.06. The minimum atomic E-state index is -4.29. The van der Waals surface area contributed by atoms with Gasteiger partial charge in [-0.25, -0.2) is 0 Å². The molecule has 0 atom stereocenters. The van der Waals surface area contributed by atoms with Gasteiger partial charge in [0.1, 0.15) is 28.8 Å². The standard InChI is InChI=1S/C15H12N4O6S/c20-15(21)9-25-13-3-1-2-12(8-13)18-10-16-17-19(18)11-4-6-14(7-5-11)26(22,23)24/h1-8,10H,9H2,(H-,20,21,22,23,24). The first-order valence-electron chi connectivity index (χ1n) is 7.18. The molecule has 0 radical (unpaired) electrons. The van der Waals surface area contributed by atoms with Crippen LogP contribution in [0.25, 0.3) is 11.4 Å². The van der Waals surface area contributed by atoms with E-state index in [4.69, 9.17) is 9.29 Å². The Balaban J connectivity index is 1.94. The Kier molecular flexibility index (Phi) is 4.65. The number of aliphatic carboxylic acids is 1. The average Bonchev–Trinajstić information content (AvgIpc) is 3.09. The van der Waals surface area contributed by atoms with Crippen LogP contribution in [0.1, 0.15) is 0 Å². The number of carboxylic acid groups (broad SMARTS) is 1. The second-order valence-electron chi connectivity index (χ2n) is 5.08. The van der Waals surface area contributed by atoms with E-state index in [0.717, 1.165) is 0 Å². The van der Waals surface area contributed by atoms with Crippen molar-refractivity contribution in [3.63, 3.8) is 0 Å². The lowest BCUT2D eigenvalue weighted by Gasteiger charge is -2.08. The van der Waals surface area contributed by atoms with Gasteiger partial charge in [0, 0.05) is 6.07 Å². The Bertz CT molecular complexity index is 1050. The summed E-state index contributed by atoms with van der Waals surface area (Å²) in [7, 11) is -4.29. The van der Waals surface area contributed by atoms with E-state index in [9.17, 15) is 18.3 Å². The zero-order chi connectivity index (χ0) is 18.7. The molecule has 0 aliphatic heterocycles. The van der Waals surface area contributed by atoms with E-state index in [2.05, 4.69) is 10.3 Å². The van der Waals surface area contributed by atoms with Crippen molar-refractivity contribution in [1.82, 2.24) is 15.1 Å². The summed E-state index contributed by atoms with van der Waals surface area (Å²) in [5, 5.41) is 18.2. The highest BCUT2D eigenvalue weighted by Crippen LogP contribution is 2.15. The highest BCUT2D eigenvalue weighted by molar-refractivity contribution is 7.85. The molecule has 1 N–H and O–H groups in total. The monoisotopic (exact) mass is 376 g/mol. The Labute approximate surface area is 147 Å². The number of carboxylic acids is 1. The summed E-state index contributed by atoms with van der Waals surface area (Å²) in [5.74, 6) is -1.03. The molecule has 0 unspecified atom stereocenters. The van der Waals surface area contributed by atoms with Crippen molar-refractivity contribution < 1.29 is 32.3 Å². The van der Waals surface area contributed by atoms with Crippen molar-refractivity contribution >= 4 is 16.1 Å². The Morgan fingerprint density at radius 3 is 2.62 bits per heavy atom. The summed E-state index contributed by atoms with van der Waals surface area (Å²) in [6.45, 7) is -0.581. The predicted molar refractivity (Wildman–Crippen MR) is 83.2 cm³/mol. The highest BCUT2D eigenvalue weighted by atomic mass is 32.2. The zero-order valence-electron chi connectivity index (χ0n) is 13.1. The summed E-state index contributed by atoms with van der Waals surface area (Å²) in [4.78, 5) is 11.6. The molecular weight excluding hydrogens is 364 g/mol. The fraction of sp³-hybridized carbons (Fsp3) is 0.0667. The van der Waals surface area contributed by atoms with Gasteiger partial charge in [-0.15, -0.1) is 4.68 Å². The van der Waals surface area contributed by atoms with Gasteiger partial charge in [-0.1, -0.05) is 6.07 Å². The first kappa shape index (κ1) is 17.5. The molecule has 0 spiro atoms. The second kappa shape index (κ2) is 6.90. The van der Waals surface area contributed by atoms with Crippen molar-refractivity contribution in [3.05, 3.63) is 54.9 Å². The van der Waals surface area contributed by atoms with Crippen LogP contribution >= 0.6 is 0 Å². The molecular formula is C15H12N4O6S. The Hall–Kier alpha value is -3.31. The van der Waals surface area contributed by atoms with Gasteiger partial charge in [0.25, 0.3) is 16.4 Å². The van der Waals surface area contributed by atoms with Gasteiger partial charge in [0.15, 0.2) is 5.21 Å². The number of carbonyl (C=O) groups excluding carboxylic acids is 1. The fourth-order valence-corrected chi connectivity index (χ4v) is 2.65. The van der Waals surface area contributed by atoms with E-state index in [-0.39, 0.29) is 4.90 Å². The van der Waals surface area contributed by atoms with Crippen molar-refractivity contribution in [2.75, 3.05) is 6.61 Å². The molecule has 26 heavy (non-hydrogen) atoms. The van der Waals surface area contributed by atoms with Crippen LogP contribution in [0, 0.1) is 0 Å². The molecule has 0 aliphatic rings. The number of hydrogen-bond acceptors (Lipinski definition) is 7. The van der Waals surface area contributed by atoms with Crippen LogP contribution in [0.2, 0.25) is 0 Å². The lowest BCUT2D eigenvalue weighted by atomic mass is 10.3. The summed E-state index contributed by atoms with van der Waals surface area (Å²) >= 11 is 0. The van der Waals surface area contributed by atoms with Crippen LogP contribution in [0.15, 0.2) is 59.8 Å². The third-order valence-electron chi connectivity index (χ3n) is 3.31. The van der Waals surface area contributed by atoms with Crippen LogP contribution in [-0.2, 0) is 14.9 Å². The minimum Gasteiger partial charge on any atom is -0.546 e. The lowest BCUT2D eigenvalue weighted by molar-refractivity contribution is -0.680. The van der Waals surface area contributed by atoms with E-state index in [1.54, 1.807) is 24.3 Å². The SMILES string of the molecule is O=C([O-])COc1cccc(-[n+]2cnnn2-c2ccc(S(=O)(=O)O)cc2)c1. The first-order chi connectivity index (χ1) is 12.3. The molecule has 11 heteroatoms. The third-order valence-corrected chi connectivity index (χ3v) is 4.17. The number of nitrogens with zero attached hydrogens (tertiary/aromatic N) is 4. The molecule has 134 valence electrons. The van der Waals surface area contributed by atoms with Gasteiger partial charge < -0.3 is 14.6 Å². The van der Waals surface area contributed by atoms with Gasteiger partial charge in [-0.3, -0.25) is 4.55 Å². The topological polar surface area (TPSA) is 138 Å². The number of carbonyl (C=O) groups is 1. The van der Waals surface area contributed by atoms with Gasteiger partial charge in [0.05, 0.1) is 10.9 Å². The van der Waals surface area contributed by atoms with E-state index in [1.165, 1.54) is 40.1 Å². The van der Waals surface area contributed by atoms with Crippen molar-refractivity contribution in [3.8, 4) is 17.1 Å². The number of hydrogen-bond donors (Lipinski definition) is 1. The van der Waals surface area contributed by atoms with Gasteiger partial charge in [0.2, 0.25) is 0 Å². The van der Waals surface area contributed by atoms with Crippen LogP contribution in [0.5, 0.6) is 5.75 Å². The van der Waals surface area contributed by atoms with Gasteiger partial charge >= 0.3 is 0 Å². The molecule has 2 aromatic carbocycles. The molecule has 1 heterocycles. The van der Waals surface area contributed by atoms with E-state index < -0.39 is 22.7 Å². The fourth-order valence-electron chi connectivity index (χ4n) is 2.17. The van der Waals surface area contributed by atoms with Crippen molar-refractivity contribution in [2.24, 2.45) is 0 Å². The quantitative estimate of drug-likeness (QED) is 0.423. The van der Waals surface area contributed by atoms with Gasteiger partial charge in [-0.05, 0) is 41.2 Å². The zero-order valence-corrected chi connectivity index (χ0v) is 13.9. The highest BCUT2D eigenvalue weighted by Gasteiger charge is 2.16. The maximum Gasteiger partial charge on any atom is 0.294 e. The summed E-state index contributed by atoms with van der Waals surface area (Å²) in [6, 6.07) is 11.9. The second-order valence-corrected chi connectivity index (χ2v) is 6.50. The number of aromatic nitrogens is 4. The number of benzene rings is 2. The maximum atomic E-state index is 11.1. The molecule has 0 saturated heterocycles. The number of rotatable bonds is 6. The molecule has 1 aromatic heterocycles. The average molecular weight is 376 g/mol. The summed E-state index contributed by atoms with van der Waals surface area (Å²) < 4.78 is 37.9. The third kappa shape index (κ3) is 3.84. The van der Waals surface area contributed by atoms with Crippen molar-refractivity contribution in [2.45, 2.75) is 4.90 Å². The van der Waals surface area contributed by atoms with Crippen LogP contribution < -0.4 is 14.5 Å². The normalized spacial score (nSPS) is 11.3. The van der Waals surface area contributed by atoms with Crippen LogP contribution in [0.4, 0.5) is 0 Å². The minimum absolute atomic E-state index is 0.245. The van der Waals surface area contributed by atoms with Gasteiger partial charge in [-0.2, -0.15) is 8.42 Å². The number of ether oxygens (including phenoxy) is 1. The Morgan fingerprint density at radius 1 is 1.23 bits per heavy atom. The molecule has 10 nitrogen and oxygen atoms in total. The van der Waals surface area contributed by atoms with Crippen LogP contribution in [-0.4, -0.2) is 40.7 Å². The van der Waals surface area contributed by atoms with E-state index in [1.807, 2.05) is 0 Å². The van der Waals surface area contributed by atoms with E-state index >= 15 is 0 Å². The molecule has 3 aromatic rings. The molecule has 3 rings (SSSR count). The molecule has 0 saturated carbocycles. The van der Waals surface area contributed by atoms with Crippen molar-refractivity contribution in [1.29, 1.82) is 0 Å². The van der Waals surface area contributed by atoms with E-state index in [0.29, 0.717) is 17.1 Å². The molecule has 0 fully saturated rings. The largest absolute Gasteiger partial charge is 0.546 e. The first-order valence-corrected chi connectivity index (χ1v) is 8.62.